The minimum Gasteiger partial charge on any atom is -0.459 e. The molecule has 3 aromatic heterocycles. The Morgan fingerprint density at radius 1 is 1.19 bits per heavy atom. The van der Waals surface area contributed by atoms with Crippen molar-refractivity contribution in [3.63, 3.8) is 0 Å². The molecule has 0 spiro atoms. The molecule has 31 heavy (non-hydrogen) atoms. The summed E-state index contributed by atoms with van der Waals surface area (Å²) in [4.78, 5) is 31.3. The lowest BCUT2D eigenvalue weighted by Gasteiger charge is -2.32. The third-order valence-corrected chi connectivity index (χ3v) is 6.66. The molecule has 0 radical (unpaired) electrons. The highest BCUT2D eigenvalue weighted by atomic mass is 32.1. The van der Waals surface area contributed by atoms with Crippen LogP contribution in [0, 0.1) is 13.8 Å². The van der Waals surface area contributed by atoms with Gasteiger partial charge >= 0.3 is 6.18 Å². The molecule has 4 heterocycles. The van der Waals surface area contributed by atoms with Crippen LogP contribution in [0.4, 0.5) is 13.2 Å². The van der Waals surface area contributed by atoms with E-state index in [-0.39, 0.29) is 28.4 Å². The summed E-state index contributed by atoms with van der Waals surface area (Å²) in [6, 6.07) is 3.94. The van der Waals surface area contributed by atoms with Gasteiger partial charge in [0.1, 0.15) is 10.5 Å². The number of fused-ring (bicyclic) bond motifs is 1. The van der Waals surface area contributed by atoms with E-state index in [0.29, 0.717) is 41.8 Å². The van der Waals surface area contributed by atoms with Gasteiger partial charge in [-0.15, -0.1) is 11.3 Å². The molecule has 1 N–H and O–H groups in total. The van der Waals surface area contributed by atoms with Gasteiger partial charge in [0.15, 0.2) is 5.76 Å². The number of alkyl halides is 3. The number of nitrogens with one attached hydrogen (secondary N) is 1. The number of hydrogen-bond donors (Lipinski definition) is 1. The van der Waals surface area contributed by atoms with Crippen molar-refractivity contribution in [2.75, 3.05) is 13.1 Å². The van der Waals surface area contributed by atoms with Crippen LogP contribution in [0.1, 0.15) is 49.9 Å². The Labute approximate surface area is 180 Å². The normalized spacial score (nSPS) is 15.5. The Kier molecular flexibility index (Phi) is 5.50. The Morgan fingerprint density at radius 2 is 1.90 bits per heavy atom. The number of carbonyl (C=O) groups is 2. The highest BCUT2D eigenvalue weighted by Gasteiger charge is 2.33. The van der Waals surface area contributed by atoms with Crippen molar-refractivity contribution in [2.45, 2.75) is 38.9 Å². The molecule has 0 atom stereocenters. The van der Waals surface area contributed by atoms with E-state index in [9.17, 15) is 22.8 Å². The molecule has 0 aromatic carbocycles. The molecule has 1 aliphatic heterocycles. The van der Waals surface area contributed by atoms with Crippen molar-refractivity contribution in [1.29, 1.82) is 0 Å². The average molecular weight is 451 g/mol. The molecule has 0 aliphatic carbocycles. The summed E-state index contributed by atoms with van der Waals surface area (Å²) in [5, 5.41) is 3.48. The highest BCUT2D eigenvalue weighted by Crippen LogP contribution is 2.35. The van der Waals surface area contributed by atoms with E-state index >= 15 is 0 Å². The average Bonchev–Trinajstić information content (AvgIpc) is 3.30. The summed E-state index contributed by atoms with van der Waals surface area (Å²) in [6.07, 6.45) is -1.91. The van der Waals surface area contributed by atoms with Gasteiger partial charge in [-0.3, -0.25) is 9.59 Å². The van der Waals surface area contributed by atoms with Crippen LogP contribution in [-0.4, -0.2) is 40.8 Å². The molecular weight excluding hydrogens is 431 g/mol. The number of halogens is 3. The number of amides is 2. The number of hydrogen-bond acceptors (Lipinski definition) is 5. The van der Waals surface area contributed by atoms with E-state index in [2.05, 4.69) is 10.3 Å². The van der Waals surface area contributed by atoms with E-state index in [4.69, 9.17) is 4.42 Å². The van der Waals surface area contributed by atoms with Crippen LogP contribution in [0.15, 0.2) is 28.9 Å². The first-order valence-corrected chi connectivity index (χ1v) is 10.6. The molecule has 0 bridgehead atoms. The fraction of sp³-hybridized carbons (Fsp3) is 0.381. The third-order valence-electron chi connectivity index (χ3n) is 5.47. The summed E-state index contributed by atoms with van der Waals surface area (Å²) < 4.78 is 44.0. The maximum Gasteiger partial charge on any atom is 0.433 e. The van der Waals surface area contributed by atoms with Gasteiger partial charge in [0, 0.05) is 30.1 Å². The highest BCUT2D eigenvalue weighted by molar-refractivity contribution is 7.20. The van der Waals surface area contributed by atoms with E-state index in [1.54, 1.807) is 24.8 Å². The van der Waals surface area contributed by atoms with Gasteiger partial charge in [-0.2, -0.15) is 13.2 Å². The molecule has 0 saturated carbocycles. The number of pyridine rings is 1. The Balaban J connectivity index is 1.44. The fourth-order valence-corrected chi connectivity index (χ4v) is 4.84. The van der Waals surface area contributed by atoms with Crippen molar-refractivity contribution in [1.82, 2.24) is 15.2 Å². The summed E-state index contributed by atoms with van der Waals surface area (Å²) in [6.45, 7) is 4.39. The Bertz CT molecular complexity index is 1140. The first-order chi connectivity index (χ1) is 14.6. The van der Waals surface area contributed by atoms with Crippen molar-refractivity contribution in [2.24, 2.45) is 0 Å². The number of likely N-dealkylation sites (tertiary alicyclic amines) is 1. The second-order valence-corrected chi connectivity index (χ2v) is 8.57. The SMILES string of the molecule is Cc1ccoc1C(=O)NC1CCN(C(=O)c2sc3nc(C(F)(F)F)ccc3c2C)CC1. The summed E-state index contributed by atoms with van der Waals surface area (Å²) >= 11 is 0.983. The largest absolute Gasteiger partial charge is 0.459 e. The minimum atomic E-state index is -4.53. The molecule has 3 aromatic rings. The van der Waals surface area contributed by atoms with Crippen LogP contribution in [-0.2, 0) is 6.18 Å². The zero-order valence-electron chi connectivity index (χ0n) is 16.9. The van der Waals surface area contributed by atoms with Crippen LogP contribution < -0.4 is 5.32 Å². The molecule has 6 nitrogen and oxygen atoms in total. The van der Waals surface area contributed by atoms with Crippen LogP contribution in [0.2, 0.25) is 0 Å². The van der Waals surface area contributed by atoms with Crippen molar-refractivity contribution < 1.29 is 27.2 Å². The molecule has 1 fully saturated rings. The fourth-order valence-electron chi connectivity index (χ4n) is 3.69. The van der Waals surface area contributed by atoms with Gasteiger partial charge in [0.05, 0.1) is 11.1 Å². The molecule has 2 amide bonds. The second kappa shape index (κ2) is 7.99. The Hall–Kier alpha value is -2.88. The van der Waals surface area contributed by atoms with Crippen LogP contribution in [0.5, 0.6) is 0 Å². The molecule has 164 valence electrons. The first kappa shape index (κ1) is 21.4. The number of aromatic nitrogens is 1. The summed E-state index contributed by atoms with van der Waals surface area (Å²) in [5.41, 5.74) is 0.422. The van der Waals surface area contributed by atoms with Crippen LogP contribution >= 0.6 is 11.3 Å². The number of thiophene rings is 1. The quantitative estimate of drug-likeness (QED) is 0.634. The lowest BCUT2D eigenvalue weighted by Crippen LogP contribution is -2.46. The van der Waals surface area contributed by atoms with E-state index in [1.165, 1.54) is 12.3 Å². The molecule has 1 saturated heterocycles. The monoisotopic (exact) mass is 451 g/mol. The maximum atomic E-state index is 13.0. The number of furan rings is 1. The number of aryl methyl sites for hydroxylation is 2. The third kappa shape index (κ3) is 4.16. The Morgan fingerprint density at radius 3 is 2.52 bits per heavy atom. The van der Waals surface area contributed by atoms with Gasteiger partial charge in [0.25, 0.3) is 11.8 Å². The number of carbonyl (C=O) groups excluding carboxylic acids is 2. The number of rotatable bonds is 3. The predicted octanol–water partition coefficient (Wildman–Crippen LogP) is 4.56. The summed E-state index contributed by atoms with van der Waals surface area (Å²) in [5.74, 6) is -0.218. The first-order valence-electron chi connectivity index (χ1n) is 9.76. The lowest BCUT2D eigenvalue weighted by atomic mass is 10.0. The van der Waals surface area contributed by atoms with Gasteiger partial charge in [-0.1, -0.05) is 0 Å². The van der Waals surface area contributed by atoms with Gasteiger partial charge < -0.3 is 14.6 Å². The van der Waals surface area contributed by atoms with Crippen molar-refractivity contribution in [3.05, 3.63) is 51.9 Å². The zero-order chi connectivity index (χ0) is 22.3. The van der Waals surface area contributed by atoms with Crippen molar-refractivity contribution in [3.8, 4) is 0 Å². The minimum absolute atomic E-state index is 0.0828. The van der Waals surface area contributed by atoms with Crippen LogP contribution in [0.25, 0.3) is 10.2 Å². The smallest absolute Gasteiger partial charge is 0.433 e. The second-order valence-electron chi connectivity index (χ2n) is 7.58. The van der Waals surface area contributed by atoms with E-state index in [1.807, 2.05) is 0 Å². The predicted molar refractivity (Wildman–Crippen MR) is 109 cm³/mol. The number of piperidine rings is 1. The van der Waals surface area contributed by atoms with Gasteiger partial charge in [-0.25, -0.2) is 4.98 Å². The van der Waals surface area contributed by atoms with Crippen molar-refractivity contribution >= 4 is 33.4 Å². The molecule has 0 unspecified atom stereocenters. The van der Waals surface area contributed by atoms with Crippen LogP contribution in [0.3, 0.4) is 0 Å². The topological polar surface area (TPSA) is 75.4 Å². The molecular formula is C21H20F3N3O3S. The maximum absolute atomic E-state index is 13.0. The molecule has 1 aliphatic rings. The summed E-state index contributed by atoms with van der Waals surface area (Å²) in [7, 11) is 0. The molecule has 10 heteroatoms. The zero-order valence-corrected chi connectivity index (χ0v) is 17.7. The van der Waals surface area contributed by atoms with E-state index in [0.717, 1.165) is 23.0 Å². The molecule has 4 rings (SSSR count). The number of nitrogens with zero attached hydrogens (tertiary/aromatic N) is 2. The standard InChI is InChI=1S/C21H20F3N3O3S/c1-11-7-10-30-16(11)18(28)25-13-5-8-27(9-6-13)20(29)17-12(2)14-3-4-15(21(22,23)24)26-19(14)31-17/h3-4,7,10,13H,5-6,8-9H2,1-2H3,(H,25,28). The van der Waals surface area contributed by atoms with Gasteiger partial charge in [-0.05, 0) is 50.5 Å². The van der Waals surface area contributed by atoms with Gasteiger partial charge in [0.2, 0.25) is 0 Å². The lowest BCUT2D eigenvalue weighted by molar-refractivity contribution is -0.140. The van der Waals surface area contributed by atoms with E-state index < -0.39 is 11.9 Å².